The second-order valence-electron chi connectivity index (χ2n) is 7.70. The van der Waals surface area contributed by atoms with Crippen LogP contribution < -0.4 is 0 Å². The molecule has 0 fully saturated rings. The third kappa shape index (κ3) is 3.18. The highest BCUT2D eigenvalue weighted by Crippen LogP contribution is 2.55. The minimum Gasteiger partial charge on any atom is -0.147 e. The fourth-order valence-electron chi connectivity index (χ4n) is 5.21. The molecule has 0 N–H and O–H groups in total. The zero-order valence-electron chi connectivity index (χ0n) is 16.4. The highest BCUT2D eigenvalue weighted by atomic mass is 35.5. The van der Waals surface area contributed by atoms with Gasteiger partial charge in [-0.25, -0.2) is 0 Å². The number of hydrogen-bond acceptors (Lipinski definition) is 0. The lowest BCUT2D eigenvalue weighted by Crippen LogP contribution is -2.40. The first-order valence-electron chi connectivity index (χ1n) is 10.1. The summed E-state index contributed by atoms with van der Waals surface area (Å²) in [5, 5.41) is 0. The standard InChI is InChI=1S/C28H24.ClH/c1-4-12-22(13-5-1)27-21-20-23-14-10-11-19-26(23)28(27,24-15-6-2-7-16-24)25-17-8-3-9-18-25;/h1-19,27H,20-21H2;1H. The maximum absolute atomic E-state index is 2.35. The summed E-state index contributed by atoms with van der Waals surface area (Å²) >= 11 is 0. The number of hydrogen-bond donors (Lipinski definition) is 0. The second kappa shape index (κ2) is 8.27. The first-order valence-corrected chi connectivity index (χ1v) is 10.1. The van der Waals surface area contributed by atoms with Crippen LogP contribution in [-0.4, -0.2) is 0 Å². The van der Waals surface area contributed by atoms with Crippen LogP contribution in [0.3, 0.4) is 0 Å². The molecular formula is C28H25Cl. The third-order valence-corrected chi connectivity index (χ3v) is 6.33. The second-order valence-corrected chi connectivity index (χ2v) is 7.70. The molecule has 4 aromatic rings. The molecule has 0 bridgehead atoms. The normalized spacial score (nSPS) is 17.0. The van der Waals surface area contributed by atoms with Crippen molar-refractivity contribution in [3.63, 3.8) is 0 Å². The van der Waals surface area contributed by atoms with Crippen LogP contribution in [0.25, 0.3) is 0 Å². The first kappa shape index (κ1) is 19.5. The fraction of sp³-hybridized carbons (Fsp3) is 0.143. The van der Waals surface area contributed by atoms with Gasteiger partial charge in [-0.05, 0) is 40.7 Å². The summed E-state index contributed by atoms with van der Waals surface area (Å²) in [6.45, 7) is 0. The average Bonchev–Trinajstić information content (AvgIpc) is 2.80. The van der Waals surface area contributed by atoms with Crippen molar-refractivity contribution in [2.45, 2.75) is 24.2 Å². The molecule has 4 aromatic carbocycles. The van der Waals surface area contributed by atoms with Gasteiger partial charge in [0.25, 0.3) is 0 Å². The van der Waals surface area contributed by atoms with Crippen molar-refractivity contribution in [2.24, 2.45) is 0 Å². The van der Waals surface area contributed by atoms with Gasteiger partial charge in [0.2, 0.25) is 0 Å². The van der Waals surface area contributed by atoms with E-state index in [0.717, 1.165) is 12.8 Å². The van der Waals surface area contributed by atoms with Crippen molar-refractivity contribution in [1.82, 2.24) is 0 Å². The number of fused-ring (bicyclic) bond motifs is 1. The number of rotatable bonds is 3. The lowest BCUT2D eigenvalue weighted by atomic mass is 9.55. The Labute approximate surface area is 179 Å². The van der Waals surface area contributed by atoms with Gasteiger partial charge in [0, 0.05) is 5.92 Å². The topological polar surface area (TPSA) is 0 Å². The van der Waals surface area contributed by atoms with Crippen molar-refractivity contribution in [1.29, 1.82) is 0 Å². The summed E-state index contributed by atoms with van der Waals surface area (Å²) in [5.41, 5.74) is 6.92. The summed E-state index contributed by atoms with van der Waals surface area (Å²) in [5.74, 6) is 0.397. The van der Waals surface area contributed by atoms with Gasteiger partial charge in [-0.1, -0.05) is 115 Å². The van der Waals surface area contributed by atoms with E-state index in [1.165, 1.54) is 27.8 Å². The zero-order valence-corrected chi connectivity index (χ0v) is 17.2. The summed E-state index contributed by atoms with van der Waals surface area (Å²) < 4.78 is 0. The molecule has 1 heteroatoms. The number of aryl methyl sites for hydroxylation is 1. The minimum absolute atomic E-state index is 0. The van der Waals surface area contributed by atoms with Crippen molar-refractivity contribution < 1.29 is 0 Å². The van der Waals surface area contributed by atoms with Crippen molar-refractivity contribution >= 4 is 12.4 Å². The van der Waals surface area contributed by atoms with Crippen LogP contribution in [0.4, 0.5) is 0 Å². The maximum Gasteiger partial charge on any atom is 0.0522 e. The summed E-state index contributed by atoms with van der Waals surface area (Å²) in [4.78, 5) is 0. The monoisotopic (exact) mass is 396 g/mol. The molecule has 0 aliphatic heterocycles. The Kier molecular flexibility index (Phi) is 5.56. The summed E-state index contributed by atoms with van der Waals surface area (Å²) in [6, 6.07) is 42.3. The number of halogens is 1. The van der Waals surface area contributed by atoms with Crippen molar-refractivity contribution in [3.05, 3.63) is 143 Å². The number of benzene rings is 4. The van der Waals surface area contributed by atoms with Crippen molar-refractivity contribution in [2.75, 3.05) is 0 Å². The molecule has 1 aliphatic carbocycles. The van der Waals surface area contributed by atoms with Crippen LogP contribution in [0, 0.1) is 0 Å². The van der Waals surface area contributed by atoms with Crippen molar-refractivity contribution in [3.8, 4) is 0 Å². The van der Waals surface area contributed by atoms with E-state index in [2.05, 4.69) is 115 Å². The molecule has 1 aliphatic rings. The van der Waals surface area contributed by atoms with Crippen LogP contribution in [0.1, 0.15) is 40.2 Å². The van der Waals surface area contributed by atoms with E-state index in [1.54, 1.807) is 0 Å². The Morgan fingerprint density at radius 2 is 1.03 bits per heavy atom. The fourth-order valence-corrected chi connectivity index (χ4v) is 5.21. The van der Waals surface area contributed by atoms with Gasteiger partial charge in [0.15, 0.2) is 0 Å². The molecule has 0 amide bonds. The molecule has 1 unspecified atom stereocenters. The van der Waals surface area contributed by atoms with E-state index < -0.39 is 0 Å². The highest BCUT2D eigenvalue weighted by Gasteiger charge is 2.47. The Hall–Kier alpha value is -2.83. The SMILES string of the molecule is Cl.c1ccc(C2CCc3ccccc3C2(c2ccccc2)c2ccccc2)cc1. The van der Waals surface area contributed by atoms with Crippen LogP contribution in [0.5, 0.6) is 0 Å². The van der Waals surface area contributed by atoms with E-state index in [-0.39, 0.29) is 17.8 Å². The van der Waals surface area contributed by atoms with Crippen LogP contribution >= 0.6 is 12.4 Å². The lowest BCUT2D eigenvalue weighted by Gasteiger charge is -2.47. The average molecular weight is 397 g/mol. The van der Waals surface area contributed by atoms with Gasteiger partial charge in [0.05, 0.1) is 5.41 Å². The molecule has 1 atom stereocenters. The molecule has 0 saturated carbocycles. The quantitative estimate of drug-likeness (QED) is 0.344. The maximum atomic E-state index is 2.35. The Morgan fingerprint density at radius 3 is 1.62 bits per heavy atom. The summed E-state index contributed by atoms with van der Waals surface area (Å²) in [6.07, 6.45) is 2.27. The van der Waals surface area contributed by atoms with Crippen LogP contribution in [0.2, 0.25) is 0 Å². The van der Waals surface area contributed by atoms with Crippen LogP contribution in [-0.2, 0) is 11.8 Å². The lowest BCUT2D eigenvalue weighted by molar-refractivity contribution is 0.422. The van der Waals surface area contributed by atoms with Gasteiger partial charge in [0.1, 0.15) is 0 Å². The van der Waals surface area contributed by atoms with E-state index in [4.69, 9.17) is 0 Å². The van der Waals surface area contributed by atoms with E-state index >= 15 is 0 Å². The molecule has 0 aromatic heterocycles. The van der Waals surface area contributed by atoms with Crippen LogP contribution in [0.15, 0.2) is 115 Å². The molecule has 144 valence electrons. The van der Waals surface area contributed by atoms with Gasteiger partial charge < -0.3 is 0 Å². The van der Waals surface area contributed by atoms with Gasteiger partial charge in [-0.15, -0.1) is 12.4 Å². The highest BCUT2D eigenvalue weighted by molar-refractivity contribution is 5.85. The van der Waals surface area contributed by atoms with E-state index in [9.17, 15) is 0 Å². The minimum atomic E-state index is -0.182. The Morgan fingerprint density at radius 1 is 0.552 bits per heavy atom. The molecular weight excluding hydrogens is 372 g/mol. The predicted octanol–water partition coefficient (Wildman–Crippen LogP) is 7.17. The third-order valence-electron chi connectivity index (χ3n) is 6.33. The van der Waals surface area contributed by atoms with Gasteiger partial charge in [-0.3, -0.25) is 0 Å². The molecule has 0 radical (unpaired) electrons. The Balaban J connectivity index is 0.00000205. The smallest absolute Gasteiger partial charge is 0.0522 e. The summed E-state index contributed by atoms with van der Waals surface area (Å²) in [7, 11) is 0. The molecule has 5 rings (SSSR count). The van der Waals surface area contributed by atoms with Gasteiger partial charge in [-0.2, -0.15) is 0 Å². The molecule has 0 nitrogen and oxygen atoms in total. The Bertz CT molecular complexity index is 1020. The van der Waals surface area contributed by atoms with E-state index in [1.807, 2.05) is 0 Å². The molecule has 0 saturated heterocycles. The van der Waals surface area contributed by atoms with E-state index in [0.29, 0.717) is 5.92 Å². The molecule has 29 heavy (non-hydrogen) atoms. The molecule has 0 spiro atoms. The predicted molar refractivity (Wildman–Crippen MR) is 124 cm³/mol. The largest absolute Gasteiger partial charge is 0.147 e. The first-order chi connectivity index (χ1) is 13.9. The molecule has 0 heterocycles. The van der Waals surface area contributed by atoms with Gasteiger partial charge >= 0.3 is 0 Å². The zero-order chi connectivity index (χ0) is 18.8.